The first-order chi connectivity index (χ1) is 35.6. The quantitative estimate of drug-likeness (QED) is 0.0291. The van der Waals surface area contributed by atoms with Crippen LogP contribution in [-0.4, -0.2) is 163 Å². The van der Waals surface area contributed by atoms with E-state index in [1.807, 2.05) is 0 Å². The van der Waals surface area contributed by atoms with Crippen molar-refractivity contribution in [2.75, 3.05) is 32.8 Å². The summed E-state index contributed by atoms with van der Waals surface area (Å²) in [6.45, 7) is 2.51. The minimum absolute atomic E-state index is 0.0462. The van der Waals surface area contributed by atoms with Gasteiger partial charge < -0.3 is 65.6 Å². The van der Waals surface area contributed by atoms with Crippen LogP contribution in [0.1, 0.15) is 79.5 Å². The zero-order chi connectivity index (χ0) is 54.4. The summed E-state index contributed by atoms with van der Waals surface area (Å²) in [4.78, 5) is 127. The molecule has 75 heavy (non-hydrogen) atoms. The van der Waals surface area contributed by atoms with E-state index in [2.05, 4.69) is 26.3 Å². The molecular formula is C49H55FN8O17. The maximum atomic E-state index is 15.5. The van der Waals surface area contributed by atoms with Crippen LogP contribution in [-0.2, 0) is 77.7 Å². The molecule has 8 rings (SSSR count). The Morgan fingerprint density at radius 1 is 0.987 bits per heavy atom. The summed E-state index contributed by atoms with van der Waals surface area (Å²) in [5.74, 6) is -8.08. The minimum atomic E-state index is -2.12. The topological polar surface area (TPSA) is 364 Å². The molecule has 0 unspecified atom stereocenters. The van der Waals surface area contributed by atoms with Gasteiger partial charge in [0.15, 0.2) is 11.9 Å². The molecule has 0 radical (unpaired) electrons. The zero-order valence-corrected chi connectivity index (χ0v) is 41.0. The van der Waals surface area contributed by atoms with E-state index in [9.17, 15) is 68.7 Å². The fourth-order valence-electron chi connectivity index (χ4n) is 9.77. The van der Waals surface area contributed by atoms with Crippen molar-refractivity contribution in [2.45, 2.75) is 115 Å². The van der Waals surface area contributed by atoms with Crippen molar-refractivity contribution in [2.24, 2.45) is 10.9 Å². The Labute approximate surface area is 425 Å². The number of rotatable bonds is 17. The highest BCUT2D eigenvalue weighted by molar-refractivity contribution is 6.41. The second-order valence-corrected chi connectivity index (χ2v) is 19.0. The predicted molar refractivity (Wildman–Crippen MR) is 254 cm³/mol. The Hall–Kier alpha value is -7.20. The van der Waals surface area contributed by atoms with E-state index >= 15 is 4.39 Å². The third-order valence-electron chi connectivity index (χ3n) is 13.9. The van der Waals surface area contributed by atoms with Crippen LogP contribution in [0.2, 0.25) is 0 Å². The van der Waals surface area contributed by atoms with Crippen LogP contribution < -0.4 is 26.8 Å². The first-order valence-corrected chi connectivity index (χ1v) is 24.1. The van der Waals surface area contributed by atoms with Gasteiger partial charge in [-0.1, -0.05) is 20.8 Å². The lowest BCUT2D eigenvalue weighted by Gasteiger charge is -2.39. The molecule has 5 aliphatic rings. The maximum Gasteiger partial charge on any atom is 0.343 e. The average molecular weight is 1050 g/mol. The monoisotopic (exact) mass is 1050 g/mol. The molecular weight excluding hydrogens is 992 g/mol. The number of cyclic esters (lactones) is 1. The molecule has 25 nitrogen and oxygen atoms in total. The lowest BCUT2D eigenvalue weighted by molar-refractivity contribution is -0.301. The van der Waals surface area contributed by atoms with Gasteiger partial charge in [0.05, 0.1) is 54.8 Å². The first-order valence-electron chi connectivity index (χ1n) is 24.1. The Morgan fingerprint density at radius 3 is 2.39 bits per heavy atom. The number of nitrogens with one attached hydrogen (secondary N) is 4. The largest absolute Gasteiger partial charge is 0.458 e. The van der Waals surface area contributed by atoms with E-state index in [-0.39, 0.29) is 72.7 Å². The summed E-state index contributed by atoms with van der Waals surface area (Å²) >= 11 is 0. The highest BCUT2D eigenvalue weighted by atomic mass is 19.1. The third kappa shape index (κ3) is 10.3. The second-order valence-electron chi connectivity index (χ2n) is 19.0. The molecule has 1 aromatic carbocycles. The molecule has 400 valence electrons. The fourth-order valence-corrected chi connectivity index (χ4v) is 9.77. The second kappa shape index (κ2) is 21.6. The number of ether oxygens (including phenoxy) is 3. The predicted octanol–water partition coefficient (Wildman–Crippen LogP) is -2.90. The number of imide groups is 1. The molecule has 3 aromatic rings. The molecule has 0 bridgehead atoms. The normalized spacial score (nSPS) is 24.1. The van der Waals surface area contributed by atoms with E-state index in [0.717, 1.165) is 12.2 Å². The first kappa shape index (κ1) is 54.1. The van der Waals surface area contributed by atoms with Crippen molar-refractivity contribution in [1.29, 1.82) is 0 Å². The number of benzene rings is 1. The molecule has 0 spiro atoms. The minimum Gasteiger partial charge on any atom is -0.458 e. The van der Waals surface area contributed by atoms with E-state index in [1.165, 1.54) is 30.5 Å². The van der Waals surface area contributed by atoms with Crippen LogP contribution in [0.15, 0.2) is 34.1 Å². The van der Waals surface area contributed by atoms with Crippen molar-refractivity contribution >= 4 is 63.9 Å². The van der Waals surface area contributed by atoms with E-state index < -0.39 is 146 Å². The van der Waals surface area contributed by atoms with Gasteiger partial charge in [0.25, 0.3) is 23.3 Å². The molecule has 1 aliphatic carbocycles. The number of esters is 1. The SMILES string of the molecule is CC[C@@]1(O)C(=O)OCc2c1cc1n(c2=O)Cc2c-1nc1cc(F)c(C)c3c1c2[C@@H](NC(=O)CNC(=O)[C@H](CO[C@@H]1O[C@H](CO)[C@@H](O)[C@H](O)[C@H]1O)NC(=O)C(=NC(=O)CCNC(=O)CN1C(=O)C=CC1=O)C(C)C)CC3. The van der Waals surface area contributed by atoms with Gasteiger partial charge in [-0.2, -0.15) is 0 Å². The molecule has 2 aromatic heterocycles. The molecule has 6 heterocycles. The van der Waals surface area contributed by atoms with Crippen LogP contribution in [0.3, 0.4) is 0 Å². The van der Waals surface area contributed by atoms with Gasteiger partial charge in [-0.15, -0.1) is 0 Å². The van der Waals surface area contributed by atoms with Crippen molar-refractivity contribution in [3.05, 3.63) is 73.8 Å². The highest BCUT2D eigenvalue weighted by Gasteiger charge is 2.47. The zero-order valence-electron chi connectivity index (χ0n) is 41.0. The Balaban J connectivity index is 1.01. The molecule has 0 saturated carbocycles. The number of aromatic nitrogens is 2. The lowest BCUT2D eigenvalue weighted by Crippen LogP contribution is -2.60. The number of amides is 7. The number of halogens is 1. The summed E-state index contributed by atoms with van der Waals surface area (Å²) in [5.41, 5.74) is -0.124. The number of aliphatic hydroxyl groups excluding tert-OH is 4. The molecule has 8 atom stereocenters. The van der Waals surface area contributed by atoms with Crippen molar-refractivity contribution in [1.82, 2.24) is 35.7 Å². The number of pyridine rings is 2. The number of carbonyl (C=O) groups excluding carboxylic acids is 8. The molecule has 7 amide bonds. The van der Waals surface area contributed by atoms with Gasteiger partial charge in [-0.25, -0.2) is 19.2 Å². The molecule has 1 fully saturated rings. The van der Waals surface area contributed by atoms with Crippen LogP contribution in [0.4, 0.5) is 4.39 Å². The average Bonchev–Trinajstić information content (AvgIpc) is 3.91. The van der Waals surface area contributed by atoms with Gasteiger partial charge in [0, 0.05) is 53.6 Å². The standard InChI is InChI=1S/C49H55FN8O17/c1-5-49(72)25-12-30-40-23(15-57(30)46(70)24(25)18-74-48(49)71)38-27(7-6-22-21(4)26(50)13-28(54-40)37(22)38)53-33(61)14-52-44(68)29(19-73-47-43(67)42(66)41(65)31(17-59)75-47)55-45(69)39(20(2)3)56-32(60)10-11-51-34(62)16-58-35(63)8-9-36(58)64/h8-9,12-13,20,27,29,31,41-43,47,59,65-67,72H,5-7,10-11,14-19H2,1-4H3,(H,51,62)(H,52,68)(H,53,61)(H,55,69)/t27-,29-,31+,41+,42-,43+,47+,49-/m0/s1. The lowest BCUT2D eigenvalue weighted by atomic mass is 9.81. The van der Waals surface area contributed by atoms with Crippen LogP contribution in [0.5, 0.6) is 0 Å². The number of aryl methyl sites for hydroxylation is 1. The van der Waals surface area contributed by atoms with Gasteiger partial charge in [0.2, 0.25) is 23.6 Å². The number of fused-ring (bicyclic) bond motifs is 5. The van der Waals surface area contributed by atoms with Crippen LogP contribution >= 0.6 is 0 Å². The number of nitrogens with zero attached hydrogens (tertiary/aromatic N) is 4. The van der Waals surface area contributed by atoms with Gasteiger partial charge in [0.1, 0.15) is 55.1 Å². The molecule has 9 N–H and O–H groups in total. The third-order valence-corrected chi connectivity index (χ3v) is 13.9. The summed E-state index contributed by atoms with van der Waals surface area (Å²) in [7, 11) is 0. The van der Waals surface area contributed by atoms with Gasteiger partial charge in [-0.05, 0) is 48.9 Å². The van der Waals surface area contributed by atoms with Crippen molar-refractivity contribution in [3.8, 4) is 11.4 Å². The number of aliphatic hydroxyl groups is 5. The van der Waals surface area contributed by atoms with E-state index in [4.69, 9.17) is 19.2 Å². The Morgan fingerprint density at radius 2 is 1.71 bits per heavy atom. The maximum absolute atomic E-state index is 15.5. The van der Waals surface area contributed by atoms with Crippen molar-refractivity contribution < 1.29 is 82.5 Å². The number of aliphatic imine (C=N–C) groups is 1. The van der Waals surface area contributed by atoms with Gasteiger partial charge >= 0.3 is 5.97 Å². The van der Waals surface area contributed by atoms with Crippen LogP contribution in [0, 0.1) is 18.7 Å². The molecule has 1 saturated heterocycles. The summed E-state index contributed by atoms with van der Waals surface area (Å²) in [6, 6.07) is 0.198. The van der Waals surface area contributed by atoms with E-state index in [1.54, 1.807) is 13.8 Å². The van der Waals surface area contributed by atoms with Gasteiger partial charge in [-0.3, -0.25) is 43.3 Å². The summed E-state index contributed by atoms with van der Waals surface area (Å²) < 4.78 is 33.1. The van der Waals surface area contributed by atoms with Crippen LogP contribution in [0.25, 0.3) is 22.3 Å². The van der Waals surface area contributed by atoms with Crippen molar-refractivity contribution in [3.63, 3.8) is 0 Å². The summed E-state index contributed by atoms with van der Waals surface area (Å²) in [5, 5.41) is 63.1. The van der Waals surface area contributed by atoms with E-state index in [0.29, 0.717) is 32.5 Å². The Bertz CT molecular complexity index is 3030. The summed E-state index contributed by atoms with van der Waals surface area (Å²) in [6.07, 6.45) is -6.73. The molecule has 26 heteroatoms. The number of hydrogen-bond acceptors (Lipinski definition) is 18. The number of carbonyl (C=O) groups is 8. The smallest absolute Gasteiger partial charge is 0.343 e. The number of hydrogen-bond donors (Lipinski definition) is 9. The fraction of sp³-hybridized carbons (Fsp3) is 0.490. The molecule has 4 aliphatic heterocycles. The Kier molecular flexibility index (Phi) is 15.5. The highest BCUT2D eigenvalue weighted by Crippen LogP contribution is 2.46.